The molecule has 0 spiro atoms. The van der Waals surface area contributed by atoms with Crippen LogP contribution >= 0.6 is 0 Å². The number of aromatic nitrogens is 2. The largest absolute Gasteiger partial charge is 0.366 e. The maximum Gasteiger partial charge on any atom is 0.258 e. The van der Waals surface area contributed by atoms with E-state index in [1.165, 1.54) is 12.4 Å². The van der Waals surface area contributed by atoms with Crippen molar-refractivity contribution >= 4 is 22.9 Å². The first kappa shape index (κ1) is 10.1. The van der Waals surface area contributed by atoms with Crippen LogP contribution in [0.3, 0.4) is 0 Å². The number of hydrogen-bond donors (Lipinski definition) is 2. The Kier molecular flexibility index (Phi) is 2.51. The number of fused-ring (bicyclic) bond motifs is 1. The molecular weight excluding hydrogens is 206 g/mol. The number of amides is 1. The Labute approximate surface area is 90.6 Å². The molecular formula is C11H9N3O2. The van der Waals surface area contributed by atoms with E-state index in [0.29, 0.717) is 10.9 Å². The van der Waals surface area contributed by atoms with E-state index in [9.17, 15) is 9.59 Å². The molecule has 16 heavy (non-hydrogen) atoms. The Morgan fingerprint density at radius 3 is 3.00 bits per heavy atom. The van der Waals surface area contributed by atoms with Gasteiger partial charge in [-0.05, 0) is 23.8 Å². The molecule has 0 aliphatic carbocycles. The van der Waals surface area contributed by atoms with Crippen LogP contribution < -0.4 is 11.3 Å². The van der Waals surface area contributed by atoms with Gasteiger partial charge in [-0.1, -0.05) is 6.07 Å². The minimum absolute atomic E-state index is 0.209. The Morgan fingerprint density at radius 1 is 1.44 bits per heavy atom. The summed E-state index contributed by atoms with van der Waals surface area (Å²) in [7, 11) is 0. The van der Waals surface area contributed by atoms with Crippen molar-refractivity contribution in [3.05, 3.63) is 46.5 Å². The molecule has 3 N–H and O–H groups in total. The van der Waals surface area contributed by atoms with Gasteiger partial charge in [-0.3, -0.25) is 9.59 Å². The molecule has 1 amide bonds. The molecule has 0 aliphatic rings. The zero-order valence-corrected chi connectivity index (χ0v) is 8.31. The van der Waals surface area contributed by atoms with E-state index in [1.807, 2.05) is 0 Å². The van der Waals surface area contributed by atoms with Crippen LogP contribution in [0.15, 0.2) is 35.4 Å². The number of hydrogen-bond acceptors (Lipinski definition) is 3. The van der Waals surface area contributed by atoms with Gasteiger partial charge in [0, 0.05) is 6.08 Å². The third-order valence-corrected chi connectivity index (χ3v) is 2.10. The van der Waals surface area contributed by atoms with E-state index in [-0.39, 0.29) is 5.56 Å². The Hall–Kier alpha value is -2.43. The lowest BCUT2D eigenvalue weighted by Gasteiger charge is -1.97. The molecule has 0 bridgehead atoms. The van der Waals surface area contributed by atoms with Crippen LogP contribution in [0.1, 0.15) is 5.56 Å². The fraction of sp³-hybridized carbons (Fsp3) is 0. The van der Waals surface area contributed by atoms with Crippen LogP contribution in [-0.4, -0.2) is 15.9 Å². The SMILES string of the molecule is NC(=O)C=Cc1ccc2nc[nH]c(=O)c2c1. The third kappa shape index (κ3) is 1.98. The summed E-state index contributed by atoms with van der Waals surface area (Å²) in [6, 6.07) is 5.13. The van der Waals surface area contributed by atoms with Gasteiger partial charge in [-0.25, -0.2) is 4.98 Å². The summed E-state index contributed by atoms with van der Waals surface area (Å²) in [4.78, 5) is 28.5. The number of nitrogens with zero attached hydrogens (tertiary/aromatic N) is 1. The van der Waals surface area contributed by atoms with Crippen LogP contribution in [0.25, 0.3) is 17.0 Å². The highest BCUT2D eigenvalue weighted by molar-refractivity contribution is 5.91. The highest BCUT2D eigenvalue weighted by atomic mass is 16.1. The van der Waals surface area contributed by atoms with Gasteiger partial charge in [-0.2, -0.15) is 0 Å². The molecule has 0 aliphatic heterocycles. The second kappa shape index (κ2) is 3.98. The zero-order chi connectivity index (χ0) is 11.5. The van der Waals surface area contributed by atoms with E-state index in [1.54, 1.807) is 24.3 Å². The van der Waals surface area contributed by atoms with Crippen molar-refractivity contribution in [2.45, 2.75) is 0 Å². The number of nitrogens with two attached hydrogens (primary N) is 1. The van der Waals surface area contributed by atoms with Crippen LogP contribution in [-0.2, 0) is 4.79 Å². The van der Waals surface area contributed by atoms with Crippen molar-refractivity contribution in [1.82, 2.24) is 9.97 Å². The van der Waals surface area contributed by atoms with E-state index in [4.69, 9.17) is 5.73 Å². The van der Waals surface area contributed by atoms with E-state index >= 15 is 0 Å². The minimum atomic E-state index is -0.528. The predicted molar refractivity (Wildman–Crippen MR) is 60.6 cm³/mol. The Balaban J connectivity index is 2.55. The van der Waals surface area contributed by atoms with Crippen LogP contribution in [0, 0.1) is 0 Å². The summed E-state index contributed by atoms with van der Waals surface area (Å²) in [5.74, 6) is -0.528. The summed E-state index contributed by atoms with van der Waals surface area (Å²) in [6.07, 6.45) is 4.14. The monoisotopic (exact) mass is 215 g/mol. The number of H-pyrrole nitrogens is 1. The van der Waals surface area contributed by atoms with Crippen LogP contribution in [0.2, 0.25) is 0 Å². The number of benzene rings is 1. The molecule has 80 valence electrons. The van der Waals surface area contributed by atoms with Crippen molar-refractivity contribution in [2.24, 2.45) is 5.73 Å². The van der Waals surface area contributed by atoms with Gasteiger partial charge in [0.1, 0.15) is 0 Å². The summed E-state index contributed by atoms with van der Waals surface area (Å²) < 4.78 is 0. The van der Waals surface area contributed by atoms with Gasteiger partial charge < -0.3 is 10.7 Å². The van der Waals surface area contributed by atoms with Crippen LogP contribution in [0.5, 0.6) is 0 Å². The summed E-state index contributed by atoms with van der Waals surface area (Å²) in [5.41, 5.74) is 6.11. The van der Waals surface area contributed by atoms with Gasteiger partial charge in [0.15, 0.2) is 0 Å². The van der Waals surface area contributed by atoms with Crippen molar-refractivity contribution < 1.29 is 4.79 Å². The summed E-state index contributed by atoms with van der Waals surface area (Å²) in [5, 5.41) is 0.481. The molecule has 0 unspecified atom stereocenters. The van der Waals surface area contributed by atoms with Crippen molar-refractivity contribution in [2.75, 3.05) is 0 Å². The third-order valence-electron chi connectivity index (χ3n) is 2.10. The topological polar surface area (TPSA) is 88.8 Å². The predicted octanol–water partition coefficient (Wildman–Crippen LogP) is 0.422. The van der Waals surface area contributed by atoms with Crippen LogP contribution in [0.4, 0.5) is 0 Å². The van der Waals surface area contributed by atoms with Crippen molar-refractivity contribution in [3.8, 4) is 0 Å². The summed E-state index contributed by atoms with van der Waals surface area (Å²) >= 11 is 0. The lowest BCUT2D eigenvalue weighted by Crippen LogP contribution is -2.06. The second-order valence-corrected chi connectivity index (χ2v) is 3.24. The number of carbonyl (C=O) groups is 1. The molecule has 0 radical (unpaired) electrons. The molecule has 0 saturated carbocycles. The van der Waals surface area contributed by atoms with Gasteiger partial charge >= 0.3 is 0 Å². The molecule has 2 rings (SSSR count). The number of aromatic amines is 1. The quantitative estimate of drug-likeness (QED) is 0.711. The zero-order valence-electron chi connectivity index (χ0n) is 8.31. The minimum Gasteiger partial charge on any atom is -0.366 e. The highest BCUT2D eigenvalue weighted by Crippen LogP contribution is 2.10. The van der Waals surface area contributed by atoms with E-state index in [2.05, 4.69) is 9.97 Å². The normalized spacial score (nSPS) is 11.0. The first-order valence-corrected chi connectivity index (χ1v) is 4.62. The summed E-state index contributed by atoms with van der Waals surface area (Å²) in [6.45, 7) is 0. The van der Waals surface area contributed by atoms with Crippen molar-refractivity contribution in [3.63, 3.8) is 0 Å². The molecule has 0 atom stereocenters. The fourth-order valence-corrected chi connectivity index (χ4v) is 1.37. The first-order valence-electron chi connectivity index (χ1n) is 4.62. The Morgan fingerprint density at radius 2 is 2.25 bits per heavy atom. The average molecular weight is 215 g/mol. The maximum absolute atomic E-state index is 11.5. The molecule has 2 aromatic rings. The average Bonchev–Trinajstić information content (AvgIpc) is 2.27. The van der Waals surface area contributed by atoms with Gasteiger partial charge in [-0.15, -0.1) is 0 Å². The smallest absolute Gasteiger partial charge is 0.258 e. The number of primary amides is 1. The molecule has 5 nitrogen and oxygen atoms in total. The standard InChI is InChI=1S/C11H9N3O2/c12-10(15)4-2-7-1-3-9-8(5-7)11(16)14-6-13-9/h1-6H,(H2,12,15)(H,13,14,16). The number of carbonyl (C=O) groups excluding carboxylic acids is 1. The molecule has 1 aromatic heterocycles. The molecule has 0 fully saturated rings. The molecule has 5 heteroatoms. The molecule has 1 heterocycles. The Bertz CT molecular complexity index is 628. The molecule has 0 saturated heterocycles. The fourth-order valence-electron chi connectivity index (χ4n) is 1.37. The lowest BCUT2D eigenvalue weighted by molar-refractivity contribution is -0.113. The van der Waals surface area contributed by atoms with Gasteiger partial charge in [0.25, 0.3) is 5.56 Å². The van der Waals surface area contributed by atoms with Gasteiger partial charge in [0.2, 0.25) is 5.91 Å². The number of rotatable bonds is 2. The molecule has 1 aromatic carbocycles. The first-order chi connectivity index (χ1) is 7.66. The van der Waals surface area contributed by atoms with Crippen molar-refractivity contribution in [1.29, 1.82) is 0 Å². The maximum atomic E-state index is 11.5. The highest BCUT2D eigenvalue weighted by Gasteiger charge is 1.99. The van der Waals surface area contributed by atoms with E-state index in [0.717, 1.165) is 5.56 Å². The second-order valence-electron chi connectivity index (χ2n) is 3.24. The van der Waals surface area contributed by atoms with E-state index < -0.39 is 5.91 Å². The van der Waals surface area contributed by atoms with Gasteiger partial charge in [0.05, 0.1) is 17.2 Å². The lowest BCUT2D eigenvalue weighted by atomic mass is 10.1. The number of nitrogens with one attached hydrogen (secondary N) is 1.